The van der Waals surface area contributed by atoms with Gasteiger partial charge in [-0.15, -0.1) is 0 Å². The molecule has 1 heterocycles. The molecule has 1 rings (SSSR count). The maximum atomic E-state index is 12.0. The molecule has 0 bridgehead atoms. The average Bonchev–Trinajstić information content (AvgIpc) is 2.57. The van der Waals surface area contributed by atoms with Crippen LogP contribution in [0.1, 0.15) is 36.3 Å². The molecule has 1 atom stereocenters. The number of aromatic nitrogens is 2. The van der Waals surface area contributed by atoms with E-state index in [1.807, 2.05) is 13.8 Å². The van der Waals surface area contributed by atoms with Crippen LogP contribution in [0.25, 0.3) is 0 Å². The summed E-state index contributed by atoms with van der Waals surface area (Å²) < 4.78 is 0. The molecule has 96 valence electrons. The lowest BCUT2D eigenvalue weighted by molar-refractivity contribution is 0.0916. The van der Waals surface area contributed by atoms with Crippen LogP contribution in [-0.2, 0) is 0 Å². The van der Waals surface area contributed by atoms with Crippen LogP contribution in [-0.4, -0.2) is 33.9 Å². The number of H-pyrrole nitrogens is 1. The molecule has 0 spiro atoms. The average molecular weight is 260 g/mol. The summed E-state index contributed by atoms with van der Waals surface area (Å²) in [5.41, 5.74) is 1.01. The molecule has 1 amide bonds. The number of amides is 1. The Morgan fingerprint density at radius 1 is 1.59 bits per heavy atom. The van der Waals surface area contributed by atoms with Crippen molar-refractivity contribution in [3.05, 3.63) is 16.4 Å². The monoisotopic (exact) mass is 259 g/mol. The van der Waals surface area contributed by atoms with Crippen LogP contribution in [0.2, 0.25) is 5.15 Å². The van der Waals surface area contributed by atoms with Crippen molar-refractivity contribution in [2.24, 2.45) is 5.92 Å². The van der Waals surface area contributed by atoms with Gasteiger partial charge >= 0.3 is 0 Å². The van der Waals surface area contributed by atoms with Crippen LogP contribution in [0.4, 0.5) is 0 Å². The highest BCUT2D eigenvalue weighted by Gasteiger charge is 2.21. The number of aryl methyl sites for hydroxylation is 1. The van der Waals surface area contributed by atoms with Crippen molar-refractivity contribution in [2.75, 3.05) is 6.61 Å². The van der Waals surface area contributed by atoms with Gasteiger partial charge in [0.25, 0.3) is 5.91 Å². The Hall–Kier alpha value is -1.07. The van der Waals surface area contributed by atoms with Crippen LogP contribution in [0.3, 0.4) is 0 Å². The first-order valence-electron chi connectivity index (χ1n) is 5.59. The number of hydrogen-bond acceptors (Lipinski definition) is 3. The minimum atomic E-state index is -0.256. The number of nitrogens with zero attached hydrogens (tertiary/aromatic N) is 1. The molecular weight excluding hydrogens is 242 g/mol. The lowest BCUT2D eigenvalue weighted by Gasteiger charge is -2.21. The van der Waals surface area contributed by atoms with E-state index in [1.54, 1.807) is 6.92 Å². The molecule has 0 radical (unpaired) electrons. The Morgan fingerprint density at radius 2 is 2.24 bits per heavy atom. The van der Waals surface area contributed by atoms with E-state index in [2.05, 4.69) is 15.5 Å². The van der Waals surface area contributed by atoms with E-state index >= 15 is 0 Å². The maximum Gasteiger partial charge on any atom is 0.256 e. The number of aliphatic hydroxyl groups is 1. The third-order valence-corrected chi connectivity index (χ3v) is 2.96. The van der Waals surface area contributed by atoms with Crippen LogP contribution in [0.15, 0.2) is 0 Å². The zero-order chi connectivity index (χ0) is 13.0. The van der Waals surface area contributed by atoms with Crippen molar-refractivity contribution in [1.29, 1.82) is 0 Å². The Labute approximate surface area is 106 Å². The smallest absolute Gasteiger partial charge is 0.256 e. The summed E-state index contributed by atoms with van der Waals surface area (Å²) >= 11 is 5.83. The third kappa shape index (κ3) is 3.44. The largest absolute Gasteiger partial charge is 0.396 e. The van der Waals surface area contributed by atoms with Gasteiger partial charge in [-0.2, -0.15) is 5.10 Å². The Kier molecular flexibility index (Phi) is 4.96. The van der Waals surface area contributed by atoms with E-state index in [4.69, 9.17) is 16.7 Å². The Balaban J connectivity index is 2.77. The number of aromatic amines is 1. The molecular formula is C11H18ClN3O2. The molecule has 3 N–H and O–H groups in total. The number of hydrogen-bond donors (Lipinski definition) is 3. The standard InChI is InChI=1S/C11H18ClN3O2/c1-6(2)8(4-5-16)13-11(17)9-7(3)14-15-10(9)12/h6,8,16H,4-5H2,1-3H3,(H,13,17)(H,14,15). The number of carbonyl (C=O) groups is 1. The van der Waals surface area contributed by atoms with Crippen LogP contribution in [0.5, 0.6) is 0 Å². The van der Waals surface area contributed by atoms with Gasteiger partial charge in [-0.25, -0.2) is 0 Å². The molecule has 0 aliphatic heterocycles. The van der Waals surface area contributed by atoms with Gasteiger partial charge in [-0.3, -0.25) is 9.89 Å². The molecule has 0 saturated carbocycles. The first-order chi connectivity index (χ1) is 7.97. The van der Waals surface area contributed by atoms with Crippen molar-refractivity contribution in [1.82, 2.24) is 15.5 Å². The van der Waals surface area contributed by atoms with E-state index in [-0.39, 0.29) is 29.6 Å². The van der Waals surface area contributed by atoms with E-state index in [0.29, 0.717) is 17.7 Å². The minimum absolute atomic E-state index is 0.0429. The summed E-state index contributed by atoms with van der Waals surface area (Å²) in [6, 6.07) is -0.0714. The summed E-state index contributed by atoms with van der Waals surface area (Å²) in [5.74, 6) is -0.00881. The molecule has 0 aromatic carbocycles. The Morgan fingerprint density at radius 3 is 2.65 bits per heavy atom. The minimum Gasteiger partial charge on any atom is -0.396 e. The van der Waals surface area contributed by atoms with Gasteiger partial charge in [0, 0.05) is 18.3 Å². The van der Waals surface area contributed by atoms with Gasteiger partial charge < -0.3 is 10.4 Å². The van der Waals surface area contributed by atoms with Crippen molar-refractivity contribution < 1.29 is 9.90 Å². The lowest BCUT2D eigenvalue weighted by atomic mass is 10.0. The van der Waals surface area contributed by atoms with Crippen LogP contribution in [0, 0.1) is 12.8 Å². The predicted molar refractivity (Wildman–Crippen MR) is 66.1 cm³/mol. The topological polar surface area (TPSA) is 78.0 Å². The summed E-state index contributed by atoms with van der Waals surface area (Å²) in [7, 11) is 0. The molecule has 6 heteroatoms. The summed E-state index contributed by atoms with van der Waals surface area (Å²) in [4.78, 5) is 12.0. The summed E-state index contributed by atoms with van der Waals surface area (Å²) in [5, 5.41) is 18.4. The SMILES string of the molecule is Cc1[nH]nc(Cl)c1C(=O)NC(CCO)C(C)C. The predicted octanol–water partition coefficient (Wildman–Crippen LogP) is 1.51. The maximum absolute atomic E-state index is 12.0. The highest BCUT2D eigenvalue weighted by Crippen LogP contribution is 2.16. The van der Waals surface area contributed by atoms with Crippen molar-refractivity contribution in [3.63, 3.8) is 0 Å². The van der Waals surface area contributed by atoms with Crippen molar-refractivity contribution in [2.45, 2.75) is 33.2 Å². The molecule has 0 fully saturated rings. The number of carbonyl (C=O) groups excluding carboxylic acids is 1. The second kappa shape index (κ2) is 6.02. The molecule has 5 nitrogen and oxygen atoms in total. The molecule has 17 heavy (non-hydrogen) atoms. The summed E-state index contributed by atoms with van der Waals surface area (Å²) in [6.07, 6.45) is 0.526. The lowest BCUT2D eigenvalue weighted by Crippen LogP contribution is -2.39. The van der Waals surface area contributed by atoms with Crippen molar-refractivity contribution >= 4 is 17.5 Å². The quantitative estimate of drug-likeness (QED) is 0.750. The molecule has 0 aliphatic rings. The number of nitrogens with one attached hydrogen (secondary N) is 2. The molecule has 1 aromatic heterocycles. The van der Waals surface area contributed by atoms with Gasteiger partial charge in [0.05, 0.1) is 5.56 Å². The third-order valence-electron chi connectivity index (χ3n) is 2.69. The second-order valence-corrected chi connectivity index (χ2v) is 4.71. The molecule has 1 aromatic rings. The van der Waals surface area contributed by atoms with E-state index in [9.17, 15) is 4.79 Å². The van der Waals surface area contributed by atoms with E-state index in [1.165, 1.54) is 0 Å². The van der Waals surface area contributed by atoms with Crippen LogP contribution >= 0.6 is 11.6 Å². The first kappa shape index (κ1) is 14.0. The summed E-state index contributed by atoms with van der Waals surface area (Å²) in [6.45, 7) is 5.76. The zero-order valence-electron chi connectivity index (χ0n) is 10.2. The fourth-order valence-electron chi connectivity index (χ4n) is 1.62. The number of halogens is 1. The highest BCUT2D eigenvalue weighted by molar-refractivity contribution is 6.32. The van der Waals surface area contributed by atoms with Gasteiger partial charge in [-0.05, 0) is 19.3 Å². The highest BCUT2D eigenvalue weighted by atomic mass is 35.5. The van der Waals surface area contributed by atoms with E-state index < -0.39 is 0 Å². The second-order valence-electron chi connectivity index (χ2n) is 4.35. The molecule has 0 saturated heterocycles. The van der Waals surface area contributed by atoms with Gasteiger partial charge in [-0.1, -0.05) is 25.4 Å². The van der Waals surface area contributed by atoms with E-state index in [0.717, 1.165) is 0 Å². The van der Waals surface area contributed by atoms with Gasteiger partial charge in [0.2, 0.25) is 0 Å². The van der Waals surface area contributed by atoms with Crippen molar-refractivity contribution in [3.8, 4) is 0 Å². The van der Waals surface area contributed by atoms with Gasteiger partial charge in [0.15, 0.2) is 5.15 Å². The van der Waals surface area contributed by atoms with Gasteiger partial charge in [0.1, 0.15) is 0 Å². The fourth-order valence-corrected chi connectivity index (χ4v) is 1.89. The first-order valence-corrected chi connectivity index (χ1v) is 5.97. The normalized spacial score (nSPS) is 12.8. The van der Waals surface area contributed by atoms with Crippen LogP contribution < -0.4 is 5.32 Å². The zero-order valence-corrected chi connectivity index (χ0v) is 11.0. The Bertz CT molecular complexity index is 371. The number of rotatable bonds is 5. The molecule has 1 unspecified atom stereocenters. The molecule has 0 aliphatic carbocycles. The number of aliphatic hydroxyl groups excluding tert-OH is 1. The fraction of sp³-hybridized carbons (Fsp3) is 0.636.